The van der Waals surface area contributed by atoms with Crippen LogP contribution in [0, 0.1) is 5.41 Å². The van der Waals surface area contributed by atoms with Crippen LogP contribution in [0.3, 0.4) is 0 Å². The fraction of sp³-hybridized carbons (Fsp3) is 0.500. The summed E-state index contributed by atoms with van der Waals surface area (Å²) < 4.78 is 35.4. The number of fused-ring (bicyclic) bond motifs is 1. The summed E-state index contributed by atoms with van der Waals surface area (Å²) in [6, 6.07) is 13.3. The van der Waals surface area contributed by atoms with Crippen molar-refractivity contribution in [3.63, 3.8) is 0 Å². The van der Waals surface area contributed by atoms with Gasteiger partial charge in [0.1, 0.15) is 11.9 Å². The molecule has 38 heavy (non-hydrogen) atoms. The predicted molar refractivity (Wildman–Crippen MR) is 148 cm³/mol. The van der Waals surface area contributed by atoms with Crippen molar-refractivity contribution in [2.24, 2.45) is 10.7 Å². The van der Waals surface area contributed by atoms with E-state index in [2.05, 4.69) is 9.89 Å². The molecule has 4 aliphatic rings. The Morgan fingerprint density at radius 2 is 1.74 bits per heavy atom. The third-order valence-electron chi connectivity index (χ3n) is 7.82. The highest BCUT2D eigenvalue weighted by molar-refractivity contribution is 7.92. The van der Waals surface area contributed by atoms with Gasteiger partial charge in [-0.1, -0.05) is 6.07 Å². The van der Waals surface area contributed by atoms with Crippen molar-refractivity contribution in [3.05, 3.63) is 53.6 Å². The minimum Gasteiger partial charge on any atom is -0.490 e. The minimum atomic E-state index is -3.74. The maximum atomic E-state index is 13.8. The Labute approximate surface area is 224 Å². The monoisotopic (exact) mass is 536 g/mol. The van der Waals surface area contributed by atoms with Gasteiger partial charge in [-0.25, -0.2) is 8.42 Å². The second-order valence-electron chi connectivity index (χ2n) is 10.9. The van der Waals surface area contributed by atoms with E-state index in [4.69, 9.17) is 15.9 Å². The van der Waals surface area contributed by atoms with Gasteiger partial charge in [0.25, 0.3) is 10.0 Å². The Balaban J connectivity index is 1.14. The number of aliphatic imine (C=N–C) groups is 1. The number of anilines is 1. The molecular formula is C28H36N6O3S. The highest BCUT2D eigenvalue weighted by Gasteiger charge is 2.39. The average Bonchev–Trinajstić information content (AvgIpc) is 3.84. The molecule has 2 aromatic rings. The van der Waals surface area contributed by atoms with E-state index >= 15 is 0 Å². The Morgan fingerprint density at radius 1 is 1.00 bits per heavy atom. The van der Waals surface area contributed by atoms with Crippen LogP contribution < -0.4 is 14.8 Å². The van der Waals surface area contributed by atoms with Crippen molar-refractivity contribution in [2.75, 3.05) is 23.9 Å². The van der Waals surface area contributed by atoms with E-state index in [-0.39, 0.29) is 23.0 Å². The van der Waals surface area contributed by atoms with Crippen molar-refractivity contribution >= 4 is 28.0 Å². The molecule has 2 aromatic carbocycles. The van der Waals surface area contributed by atoms with Gasteiger partial charge in [0, 0.05) is 45.1 Å². The largest absolute Gasteiger partial charge is 0.490 e. The number of nitrogens with zero attached hydrogens (tertiary/aromatic N) is 4. The molecule has 0 bridgehead atoms. The number of benzene rings is 2. The first kappa shape index (κ1) is 25.0. The van der Waals surface area contributed by atoms with E-state index in [1.165, 1.54) is 18.4 Å². The molecule has 6 rings (SSSR count). The third-order valence-corrected chi connectivity index (χ3v) is 9.72. The molecule has 10 heteroatoms. The van der Waals surface area contributed by atoms with Crippen molar-refractivity contribution < 1.29 is 13.2 Å². The number of guanidine groups is 1. The molecule has 0 atom stereocenters. The topological polar surface area (TPSA) is 115 Å². The van der Waals surface area contributed by atoms with E-state index in [1.807, 2.05) is 29.4 Å². The van der Waals surface area contributed by atoms with Crippen molar-refractivity contribution in [1.82, 2.24) is 9.80 Å². The predicted octanol–water partition coefficient (Wildman–Crippen LogP) is 3.33. The van der Waals surface area contributed by atoms with Crippen LogP contribution in [0.1, 0.15) is 49.7 Å². The number of likely N-dealkylation sites (tertiary alicyclic amines) is 1. The molecule has 2 saturated carbocycles. The highest BCUT2D eigenvalue weighted by atomic mass is 32.2. The summed E-state index contributed by atoms with van der Waals surface area (Å²) in [5.74, 6) is 0.744. The average molecular weight is 537 g/mol. The Hall–Kier alpha value is -3.27. The summed E-state index contributed by atoms with van der Waals surface area (Å²) in [6.07, 6.45) is 8.89. The maximum Gasteiger partial charge on any atom is 0.264 e. The van der Waals surface area contributed by atoms with Gasteiger partial charge < -0.3 is 20.3 Å². The first-order valence-electron chi connectivity index (χ1n) is 13.7. The number of piperidine rings is 1. The fourth-order valence-corrected chi connectivity index (χ4v) is 6.96. The molecule has 0 aromatic heterocycles. The van der Waals surface area contributed by atoms with Gasteiger partial charge in [0.2, 0.25) is 0 Å². The van der Waals surface area contributed by atoms with E-state index in [9.17, 15) is 8.42 Å². The number of nitrogens with two attached hydrogens (primary N) is 1. The zero-order valence-electron chi connectivity index (χ0n) is 21.6. The Morgan fingerprint density at radius 3 is 2.39 bits per heavy atom. The lowest BCUT2D eigenvalue weighted by Crippen LogP contribution is -2.40. The summed E-state index contributed by atoms with van der Waals surface area (Å²) in [5, 5.41) is 7.78. The number of hydrogen-bond acceptors (Lipinski definition) is 5. The summed E-state index contributed by atoms with van der Waals surface area (Å²) in [7, 11) is -3.74. The fourth-order valence-electron chi connectivity index (χ4n) is 5.26. The highest BCUT2D eigenvalue weighted by Crippen LogP contribution is 2.38. The number of rotatable bonds is 8. The van der Waals surface area contributed by atoms with Crippen LogP contribution >= 0.6 is 0 Å². The molecule has 3 fully saturated rings. The van der Waals surface area contributed by atoms with Gasteiger partial charge in [-0.15, -0.1) is 0 Å². The zero-order chi connectivity index (χ0) is 26.3. The SMILES string of the molecule is N=C(N)N1CCc2ccc(N(C3CC3)S(=O)(=O)c3ccc(OC4CCN(C=NC5CC5)CC4)cc3)cc2C1. The molecule has 0 unspecified atom stereocenters. The zero-order valence-corrected chi connectivity index (χ0v) is 22.4. The number of nitrogens with one attached hydrogen (secondary N) is 1. The second kappa shape index (κ2) is 10.1. The van der Waals surface area contributed by atoms with Gasteiger partial charge in [0.05, 0.1) is 23.0 Å². The van der Waals surface area contributed by atoms with E-state index in [0.29, 0.717) is 30.6 Å². The van der Waals surface area contributed by atoms with E-state index in [0.717, 1.165) is 50.8 Å². The van der Waals surface area contributed by atoms with Crippen molar-refractivity contribution in [3.8, 4) is 5.75 Å². The van der Waals surface area contributed by atoms with Gasteiger partial charge >= 0.3 is 0 Å². The third kappa shape index (κ3) is 5.45. The lowest BCUT2D eigenvalue weighted by Gasteiger charge is -2.31. The number of ether oxygens (including phenoxy) is 1. The summed E-state index contributed by atoms with van der Waals surface area (Å²) in [4.78, 5) is 8.91. The summed E-state index contributed by atoms with van der Waals surface area (Å²) in [5.41, 5.74) is 8.60. The smallest absolute Gasteiger partial charge is 0.264 e. The van der Waals surface area contributed by atoms with Crippen LogP contribution in [-0.4, -0.2) is 68.3 Å². The van der Waals surface area contributed by atoms with Crippen LogP contribution in [0.15, 0.2) is 52.4 Å². The molecule has 0 radical (unpaired) electrons. The first-order valence-corrected chi connectivity index (χ1v) is 15.1. The van der Waals surface area contributed by atoms with Crippen LogP contribution in [0.5, 0.6) is 5.75 Å². The summed E-state index contributed by atoms with van der Waals surface area (Å²) in [6.45, 7) is 3.08. The van der Waals surface area contributed by atoms with E-state index < -0.39 is 10.0 Å². The standard InChI is InChI=1S/C28H36N6O3S/c29-28(30)33-16-11-20-1-4-24(17-21(20)18-33)34(23-5-6-23)38(35,36)27-9-7-25(8-10-27)37-26-12-14-32(15-13-26)19-31-22-2-3-22/h1,4,7-10,17,19,22-23,26H,2-3,5-6,11-16,18H2,(H3,29,30). The lowest BCUT2D eigenvalue weighted by atomic mass is 9.99. The molecule has 2 aliphatic carbocycles. The molecule has 1 saturated heterocycles. The van der Waals surface area contributed by atoms with Crippen LogP contribution in [0.4, 0.5) is 5.69 Å². The normalized spacial score (nSPS) is 20.4. The molecule has 2 heterocycles. The molecule has 0 amide bonds. The molecule has 2 aliphatic heterocycles. The Kier molecular flexibility index (Phi) is 6.67. The molecule has 9 nitrogen and oxygen atoms in total. The second-order valence-corrected chi connectivity index (χ2v) is 12.7. The van der Waals surface area contributed by atoms with Crippen LogP contribution in [-0.2, 0) is 23.0 Å². The van der Waals surface area contributed by atoms with Gasteiger partial charge in [0.15, 0.2) is 5.96 Å². The van der Waals surface area contributed by atoms with Crippen LogP contribution in [0.2, 0.25) is 0 Å². The molecule has 202 valence electrons. The van der Waals surface area contributed by atoms with E-state index in [1.54, 1.807) is 28.6 Å². The minimum absolute atomic E-state index is 0.0323. The molecular weight excluding hydrogens is 500 g/mol. The Bertz CT molecular complexity index is 1310. The number of hydrogen-bond donors (Lipinski definition) is 2. The van der Waals surface area contributed by atoms with Crippen molar-refractivity contribution in [2.45, 2.75) is 74.6 Å². The number of sulfonamides is 1. The van der Waals surface area contributed by atoms with Gasteiger partial charge in [-0.05, 0) is 79.6 Å². The molecule has 0 spiro atoms. The summed E-state index contributed by atoms with van der Waals surface area (Å²) >= 11 is 0. The van der Waals surface area contributed by atoms with Gasteiger partial charge in [-0.3, -0.25) is 14.7 Å². The quantitative estimate of drug-likeness (QED) is 0.395. The lowest BCUT2D eigenvalue weighted by molar-refractivity contribution is 0.132. The van der Waals surface area contributed by atoms with Crippen molar-refractivity contribution in [1.29, 1.82) is 5.41 Å². The van der Waals surface area contributed by atoms with Gasteiger partial charge in [-0.2, -0.15) is 0 Å². The molecule has 3 N–H and O–H groups in total. The first-order chi connectivity index (χ1) is 18.4. The maximum absolute atomic E-state index is 13.8. The van der Waals surface area contributed by atoms with Crippen LogP contribution in [0.25, 0.3) is 0 Å².